The number of anilines is 2. The van der Waals surface area contributed by atoms with Crippen LogP contribution < -0.4 is 4.90 Å². The van der Waals surface area contributed by atoms with Gasteiger partial charge >= 0.3 is 0 Å². The Kier molecular flexibility index (Phi) is 4.40. The summed E-state index contributed by atoms with van der Waals surface area (Å²) >= 11 is 0. The van der Waals surface area contributed by atoms with Gasteiger partial charge in [-0.05, 0) is 82.4 Å². The zero-order valence-electron chi connectivity index (χ0n) is 23.6. The van der Waals surface area contributed by atoms with Gasteiger partial charge in [-0.15, -0.1) is 0 Å². The Hall–Kier alpha value is -5.34. The molecule has 43 heavy (non-hydrogen) atoms. The zero-order chi connectivity index (χ0) is 28.2. The summed E-state index contributed by atoms with van der Waals surface area (Å²) < 4.78 is 2.39. The minimum atomic E-state index is -0.0594. The van der Waals surface area contributed by atoms with Crippen molar-refractivity contribution in [2.45, 2.75) is 17.4 Å². The van der Waals surface area contributed by atoms with E-state index in [0.717, 1.165) is 6.42 Å². The molecule has 0 saturated heterocycles. The summed E-state index contributed by atoms with van der Waals surface area (Å²) in [6.45, 7) is 0. The first kappa shape index (κ1) is 23.2. The van der Waals surface area contributed by atoms with Gasteiger partial charge in [0.2, 0.25) is 0 Å². The fraction of sp³-hybridized carbons (Fsp3) is 0.0732. The molecule has 1 saturated carbocycles. The van der Waals surface area contributed by atoms with Crippen molar-refractivity contribution in [3.63, 3.8) is 0 Å². The molecule has 0 amide bonds. The van der Waals surface area contributed by atoms with Crippen LogP contribution in [0.15, 0.2) is 158 Å². The lowest BCUT2D eigenvalue weighted by Gasteiger charge is -2.31. The standard InChI is InChI=1S/C41H28N2/c1-2-12-32(13-3-1)42-37-16-8-6-14-34(37)35-25-30(19-21-38(35)42)31-22-23-41-27-40(41,26-31)36-15-7-9-17-39(36)43(41)33-20-18-28-10-4-5-11-29(28)24-33/h1-26H,27H2. The van der Waals surface area contributed by atoms with Crippen LogP contribution in [-0.2, 0) is 5.41 Å². The van der Waals surface area contributed by atoms with Crippen LogP contribution in [-0.4, -0.2) is 10.1 Å². The first-order valence-electron chi connectivity index (χ1n) is 15.2. The van der Waals surface area contributed by atoms with Crippen molar-refractivity contribution in [3.05, 3.63) is 169 Å². The van der Waals surface area contributed by atoms with Gasteiger partial charge in [-0.2, -0.15) is 0 Å². The summed E-state index contributed by atoms with van der Waals surface area (Å²) in [5.74, 6) is 0. The minimum Gasteiger partial charge on any atom is -0.330 e. The molecule has 1 fully saturated rings. The van der Waals surface area contributed by atoms with Crippen LogP contribution in [0, 0.1) is 0 Å². The number of aromatic nitrogens is 1. The van der Waals surface area contributed by atoms with E-state index in [4.69, 9.17) is 0 Å². The molecule has 0 bridgehead atoms. The van der Waals surface area contributed by atoms with E-state index in [2.05, 4.69) is 167 Å². The summed E-state index contributed by atoms with van der Waals surface area (Å²) in [6.07, 6.45) is 8.54. The number of fused-ring (bicyclic) bond motifs is 5. The fourth-order valence-corrected chi connectivity index (χ4v) is 8.20. The van der Waals surface area contributed by atoms with E-state index >= 15 is 0 Å². The third kappa shape index (κ3) is 2.98. The first-order valence-corrected chi connectivity index (χ1v) is 15.2. The van der Waals surface area contributed by atoms with E-state index in [0.29, 0.717) is 0 Å². The Labute approximate surface area is 250 Å². The third-order valence-electron chi connectivity index (χ3n) is 10.2. The maximum absolute atomic E-state index is 2.61. The molecule has 0 spiro atoms. The second-order valence-electron chi connectivity index (χ2n) is 12.3. The van der Waals surface area contributed by atoms with Crippen LogP contribution >= 0.6 is 0 Å². The van der Waals surface area contributed by atoms with Crippen molar-refractivity contribution < 1.29 is 0 Å². The van der Waals surface area contributed by atoms with Gasteiger partial charge in [-0.1, -0.05) is 109 Å². The lowest BCUT2D eigenvalue weighted by molar-refractivity contribution is 0.743. The Bertz CT molecular complexity index is 2340. The van der Waals surface area contributed by atoms with E-state index in [1.807, 2.05) is 0 Å². The monoisotopic (exact) mass is 548 g/mol. The highest BCUT2D eigenvalue weighted by molar-refractivity contribution is 6.10. The van der Waals surface area contributed by atoms with Crippen molar-refractivity contribution in [3.8, 4) is 5.69 Å². The largest absolute Gasteiger partial charge is 0.330 e. The highest BCUT2D eigenvalue weighted by atomic mass is 15.3. The number of rotatable bonds is 3. The summed E-state index contributed by atoms with van der Waals surface area (Å²) in [4.78, 5) is 2.61. The van der Waals surface area contributed by atoms with Crippen LogP contribution in [0.25, 0.3) is 43.8 Å². The highest BCUT2D eigenvalue weighted by Gasteiger charge is 2.74. The molecule has 2 atom stereocenters. The summed E-state index contributed by atoms with van der Waals surface area (Å²) in [7, 11) is 0. The SMILES string of the molecule is C1=CC23CC2(C=C1c1ccc2c(c1)c1ccccc1n2-c1ccccc1)c1ccccc1N3c1ccc2ccccc2c1. The smallest absolute Gasteiger partial charge is 0.0782 e. The quantitative estimate of drug-likeness (QED) is 0.213. The van der Waals surface area contributed by atoms with Crippen LogP contribution in [0.5, 0.6) is 0 Å². The Morgan fingerprint density at radius 3 is 2.26 bits per heavy atom. The van der Waals surface area contributed by atoms with E-state index in [1.165, 1.54) is 66.3 Å². The van der Waals surface area contributed by atoms with Gasteiger partial charge in [-0.25, -0.2) is 0 Å². The lowest BCUT2D eigenvalue weighted by atomic mass is 9.85. The molecule has 10 rings (SSSR count). The van der Waals surface area contributed by atoms with E-state index in [1.54, 1.807) is 0 Å². The number of hydrogen-bond acceptors (Lipinski definition) is 1. The van der Waals surface area contributed by atoms with Crippen LogP contribution in [0.3, 0.4) is 0 Å². The van der Waals surface area contributed by atoms with Crippen molar-refractivity contribution in [1.82, 2.24) is 4.57 Å². The molecule has 3 aliphatic rings. The highest BCUT2D eigenvalue weighted by Crippen LogP contribution is 2.73. The molecule has 2 unspecified atom stereocenters. The van der Waals surface area contributed by atoms with Gasteiger partial charge in [0.05, 0.1) is 16.6 Å². The zero-order valence-corrected chi connectivity index (χ0v) is 23.6. The number of hydrogen-bond donors (Lipinski definition) is 0. The molecule has 2 heterocycles. The van der Waals surface area contributed by atoms with Crippen LogP contribution in [0.1, 0.15) is 17.5 Å². The molecule has 202 valence electrons. The number of allylic oxidation sites excluding steroid dienone is 2. The summed E-state index contributed by atoms with van der Waals surface area (Å²) in [5, 5.41) is 5.15. The second kappa shape index (κ2) is 8.14. The van der Waals surface area contributed by atoms with Gasteiger partial charge in [0.15, 0.2) is 0 Å². The predicted octanol–water partition coefficient (Wildman–Crippen LogP) is 10.1. The van der Waals surface area contributed by atoms with Gasteiger partial charge in [0.25, 0.3) is 0 Å². The summed E-state index contributed by atoms with van der Waals surface area (Å²) in [5.41, 5.74) is 10.2. The fourth-order valence-electron chi connectivity index (χ4n) is 8.20. The maximum atomic E-state index is 2.61. The molecule has 1 aliphatic heterocycles. The molecule has 1 aromatic heterocycles. The normalized spacial score (nSPS) is 21.6. The second-order valence-corrected chi connectivity index (χ2v) is 12.3. The molecular weight excluding hydrogens is 520 g/mol. The minimum absolute atomic E-state index is 0.0215. The third-order valence-corrected chi connectivity index (χ3v) is 10.2. The Balaban J connectivity index is 1.13. The number of nitrogens with zero attached hydrogens (tertiary/aromatic N) is 2. The molecule has 2 nitrogen and oxygen atoms in total. The lowest BCUT2D eigenvalue weighted by Crippen LogP contribution is -2.33. The molecule has 0 radical (unpaired) electrons. The van der Waals surface area contributed by atoms with Gasteiger partial charge in [0, 0.05) is 33.2 Å². The van der Waals surface area contributed by atoms with E-state index in [-0.39, 0.29) is 11.0 Å². The van der Waals surface area contributed by atoms with Gasteiger partial charge in [-0.3, -0.25) is 0 Å². The van der Waals surface area contributed by atoms with Crippen molar-refractivity contribution in [2.75, 3.05) is 4.90 Å². The molecule has 7 aromatic rings. The van der Waals surface area contributed by atoms with Crippen molar-refractivity contribution in [2.24, 2.45) is 0 Å². The Morgan fingerprint density at radius 2 is 1.33 bits per heavy atom. The topological polar surface area (TPSA) is 8.17 Å². The van der Waals surface area contributed by atoms with E-state index in [9.17, 15) is 0 Å². The summed E-state index contributed by atoms with van der Waals surface area (Å²) in [6, 6.07) is 51.1. The van der Waals surface area contributed by atoms with Crippen LogP contribution in [0.2, 0.25) is 0 Å². The molecule has 2 aliphatic carbocycles. The van der Waals surface area contributed by atoms with Gasteiger partial charge in [0.1, 0.15) is 0 Å². The van der Waals surface area contributed by atoms with Gasteiger partial charge < -0.3 is 9.47 Å². The van der Waals surface area contributed by atoms with Crippen LogP contribution in [0.4, 0.5) is 11.4 Å². The predicted molar refractivity (Wildman–Crippen MR) is 179 cm³/mol. The molecular formula is C41H28N2. The number of benzene rings is 6. The molecule has 2 heteroatoms. The van der Waals surface area contributed by atoms with Crippen molar-refractivity contribution >= 4 is 49.5 Å². The molecule has 6 aromatic carbocycles. The van der Waals surface area contributed by atoms with E-state index < -0.39 is 0 Å². The average molecular weight is 549 g/mol. The number of para-hydroxylation sites is 3. The van der Waals surface area contributed by atoms with Crippen molar-refractivity contribution in [1.29, 1.82) is 0 Å². The maximum Gasteiger partial charge on any atom is 0.0782 e. The first-order chi connectivity index (χ1) is 21.3. The average Bonchev–Trinajstić information content (AvgIpc) is 3.55. The Morgan fingerprint density at radius 1 is 0.558 bits per heavy atom. The molecule has 0 N–H and O–H groups in total.